The molecule has 0 unspecified atom stereocenters. The minimum Gasteiger partial charge on any atom is -0.711 e. The van der Waals surface area contributed by atoms with Gasteiger partial charge in [-0.3, -0.25) is 0 Å². The van der Waals surface area contributed by atoms with Crippen LogP contribution in [0, 0.1) is 5.21 Å². The van der Waals surface area contributed by atoms with Gasteiger partial charge in [0.05, 0.1) is 5.39 Å². The van der Waals surface area contributed by atoms with Crippen LogP contribution in [-0.4, -0.2) is 4.98 Å². The van der Waals surface area contributed by atoms with Crippen LogP contribution < -0.4 is 4.73 Å². The van der Waals surface area contributed by atoms with Crippen LogP contribution in [0.2, 0.25) is 5.02 Å². The van der Waals surface area contributed by atoms with Crippen molar-refractivity contribution in [3.8, 4) is 0 Å². The number of rotatable bonds is 0. The fourth-order valence-electron chi connectivity index (χ4n) is 1.03. The maximum Gasteiger partial charge on any atom is 0.289 e. The van der Waals surface area contributed by atoms with Gasteiger partial charge in [0.1, 0.15) is 6.20 Å². The van der Waals surface area contributed by atoms with Crippen LogP contribution in [0.25, 0.3) is 10.9 Å². The Labute approximate surface area is 73.8 Å². The van der Waals surface area contributed by atoms with Crippen molar-refractivity contribution in [3.63, 3.8) is 0 Å². The Balaban J connectivity index is 2.79. The number of halogens is 1. The molecule has 1 heterocycles. The Bertz CT molecular complexity index is 389. The predicted octanol–water partition coefficient (Wildman–Crippen LogP) is 1.52. The van der Waals surface area contributed by atoms with Gasteiger partial charge in [0.15, 0.2) is 5.52 Å². The average molecular weight is 181 g/mol. The first-order chi connectivity index (χ1) is 5.75. The highest BCUT2D eigenvalue weighted by Crippen LogP contribution is 2.14. The number of hydrogen-bond acceptors (Lipinski definition) is 2. The molecule has 12 heavy (non-hydrogen) atoms. The van der Waals surface area contributed by atoms with Crippen LogP contribution in [0.15, 0.2) is 30.7 Å². The Hall–Kier alpha value is -1.35. The third kappa shape index (κ3) is 1.19. The molecule has 0 atom stereocenters. The third-order valence-electron chi connectivity index (χ3n) is 1.57. The molecule has 0 bridgehead atoms. The molecular formula is C8H5ClN2O. The minimum atomic E-state index is 0.624. The Morgan fingerprint density at radius 2 is 2.25 bits per heavy atom. The maximum atomic E-state index is 10.8. The Morgan fingerprint density at radius 3 is 3.08 bits per heavy atom. The van der Waals surface area contributed by atoms with Crippen molar-refractivity contribution < 1.29 is 4.73 Å². The zero-order valence-electron chi connectivity index (χ0n) is 6.07. The van der Waals surface area contributed by atoms with E-state index in [1.807, 2.05) is 0 Å². The molecule has 0 fully saturated rings. The van der Waals surface area contributed by atoms with E-state index in [-0.39, 0.29) is 0 Å². The van der Waals surface area contributed by atoms with Gasteiger partial charge in [-0.1, -0.05) is 11.6 Å². The lowest BCUT2D eigenvalue weighted by Gasteiger charge is -1.98. The van der Waals surface area contributed by atoms with Gasteiger partial charge in [-0.15, -0.1) is 0 Å². The monoisotopic (exact) mass is 180 g/mol. The second kappa shape index (κ2) is 2.60. The van der Waals surface area contributed by atoms with E-state index in [4.69, 9.17) is 11.6 Å². The summed E-state index contributed by atoms with van der Waals surface area (Å²) in [4.78, 5) is 3.91. The van der Waals surface area contributed by atoms with Crippen LogP contribution in [-0.2, 0) is 0 Å². The second-order valence-corrected chi connectivity index (χ2v) is 2.87. The molecule has 0 spiro atoms. The lowest BCUT2D eigenvalue weighted by Crippen LogP contribution is -2.24. The Kier molecular flexibility index (Phi) is 1.59. The van der Waals surface area contributed by atoms with Crippen molar-refractivity contribution in [2.45, 2.75) is 0 Å². The molecule has 0 radical (unpaired) electrons. The molecule has 0 aliphatic carbocycles. The lowest BCUT2D eigenvalue weighted by atomic mass is 10.2. The SMILES string of the molecule is [O-][n+]1cnc2cc(Cl)ccc2c1. The second-order valence-electron chi connectivity index (χ2n) is 2.44. The van der Waals surface area contributed by atoms with E-state index in [2.05, 4.69) is 4.98 Å². The first-order valence-electron chi connectivity index (χ1n) is 3.40. The molecule has 2 aromatic rings. The van der Waals surface area contributed by atoms with Gasteiger partial charge < -0.3 is 5.21 Å². The molecule has 3 nitrogen and oxygen atoms in total. The number of fused-ring (bicyclic) bond motifs is 1. The van der Waals surface area contributed by atoms with E-state index in [1.165, 1.54) is 12.5 Å². The minimum absolute atomic E-state index is 0.624. The molecule has 0 N–H and O–H groups in total. The first-order valence-corrected chi connectivity index (χ1v) is 3.77. The zero-order chi connectivity index (χ0) is 8.55. The number of benzene rings is 1. The molecular weight excluding hydrogens is 176 g/mol. The molecule has 1 aromatic heterocycles. The molecule has 1 aromatic carbocycles. The summed E-state index contributed by atoms with van der Waals surface area (Å²) in [6.45, 7) is 0. The average Bonchev–Trinajstić information content (AvgIpc) is 2.05. The van der Waals surface area contributed by atoms with Crippen LogP contribution in [0.1, 0.15) is 0 Å². The molecule has 4 heteroatoms. The predicted molar refractivity (Wildman–Crippen MR) is 45.7 cm³/mol. The molecule has 0 aliphatic rings. The van der Waals surface area contributed by atoms with Crippen molar-refractivity contribution in [3.05, 3.63) is 41.0 Å². The zero-order valence-corrected chi connectivity index (χ0v) is 6.82. The maximum absolute atomic E-state index is 10.8. The van der Waals surface area contributed by atoms with Gasteiger partial charge >= 0.3 is 0 Å². The largest absolute Gasteiger partial charge is 0.711 e. The first kappa shape index (κ1) is 7.31. The number of hydrogen-bond donors (Lipinski definition) is 0. The summed E-state index contributed by atoms with van der Waals surface area (Å²) in [5.41, 5.74) is 0.731. The summed E-state index contributed by atoms with van der Waals surface area (Å²) >= 11 is 5.73. The summed E-state index contributed by atoms with van der Waals surface area (Å²) in [6, 6.07) is 5.21. The van der Waals surface area contributed by atoms with Gasteiger partial charge in [0.2, 0.25) is 0 Å². The highest BCUT2D eigenvalue weighted by molar-refractivity contribution is 6.31. The van der Waals surface area contributed by atoms with Gasteiger partial charge in [0, 0.05) is 11.1 Å². The van der Waals surface area contributed by atoms with Gasteiger partial charge in [-0.2, -0.15) is 0 Å². The lowest BCUT2D eigenvalue weighted by molar-refractivity contribution is -0.607. The van der Waals surface area contributed by atoms with E-state index in [0.717, 1.165) is 10.9 Å². The fraction of sp³-hybridized carbons (Fsp3) is 0. The van der Waals surface area contributed by atoms with Crippen molar-refractivity contribution in [2.75, 3.05) is 0 Å². The Morgan fingerprint density at radius 1 is 1.42 bits per heavy atom. The van der Waals surface area contributed by atoms with Gasteiger partial charge in [0.25, 0.3) is 6.33 Å². The number of nitrogens with zero attached hydrogens (tertiary/aromatic N) is 2. The van der Waals surface area contributed by atoms with Crippen LogP contribution in [0.5, 0.6) is 0 Å². The van der Waals surface area contributed by atoms with Gasteiger partial charge in [-0.25, -0.2) is 4.73 Å². The highest BCUT2D eigenvalue weighted by Gasteiger charge is 2.00. The topological polar surface area (TPSA) is 39.8 Å². The summed E-state index contributed by atoms with van der Waals surface area (Å²) in [5, 5.41) is 12.2. The third-order valence-corrected chi connectivity index (χ3v) is 1.80. The van der Waals surface area contributed by atoms with Crippen LogP contribution in [0.3, 0.4) is 0 Å². The molecule has 0 saturated carbocycles. The highest BCUT2D eigenvalue weighted by atomic mass is 35.5. The summed E-state index contributed by atoms with van der Waals surface area (Å²) in [6.07, 6.45) is 2.66. The fourth-order valence-corrected chi connectivity index (χ4v) is 1.19. The number of aromatic nitrogens is 2. The quantitative estimate of drug-likeness (QED) is 0.456. The van der Waals surface area contributed by atoms with Crippen molar-refractivity contribution in [1.29, 1.82) is 0 Å². The standard InChI is InChI=1S/C8H5ClN2O/c9-7-2-1-6-4-11(12)5-10-8(6)3-7/h1-5H. The molecule has 0 saturated heterocycles. The summed E-state index contributed by atoms with van der Waals surface area (Å²) < 4.78 is 0.663. The van der Waals surface area contributed by atoms with Crippen molar-refractivity contribution in [1.82, 2.24) is 4.98 Å². The van der Waals surface area contributed by atoms with E-state index in [0.29, 0.717) is 9.75 Å². The smallest absolute Gasteiger partial charge is 0.289 e. The van der Waals surface area contributed by atoms with E-state index >= 15 is 0 Å². The normalized spacial score (nSPS) is 10.4. The van der Waals surface area contributed by atoms with Crippen LogP contribution >= 0.6 is 11.6 Å². The van der Waals surface area contributed by atoms with Crippen molar-refractivity contribution in [2.24, 2.45) is 0 Å². The summed E-state index contributed by atoms with van der Waals surface area (Å²) in [7, 11) is 0. The van der Waals surface area contributed by atoms with E-state index in [1.54, 1.807) is 18.2 Å². The molecule has 60 valence electrons. The molecule has 0 aliphatic heterocycles. The molecule has 0 amide bonds. The van der Waals surface area contributed by atoms with Crippen LogP contribution in [0.4, 0.5) is 0 Å². The molecule has 2 rings (SSSR count). The summed E-state index contributed by atoms with van der Waals surface area (Å²) in [5.74, 6) is 0. The van der Waals surface area contributed by atoms with Gasteiger partial charge in [-0.05, 0) is 17.1 Å². The van der Waals surface area contributed by atoms with E-state index < -0.39 is 0 Å². The van der Waals surface area contributed by atoms with Crippen molar-refractivity contribution >= 4 is 22.5 Å². The van der Waals surface area contributed by atoms with E-state index in [9.17, 15) is 5.21 Å².